The lowest BCUT2D eigenvalue weighted by atomic mass is 9.96. The molecule has 21 heavy (non-hydrogen) atoms. The molecular formula is C16H25NO4. The highest BCUT2D eigenvalue weighted by Crippen LogP contribution is 2.18. The largest absolute Gasteiger partial charge is 0.497 e. The number of benzene rings is 1. The molecule has 1 atom stereocenters. The number of ether oxygens (including phenoxy) is 3. The van der Waals surface area contributed by atoms with Crippen LogP contribution in [-0.4, -0.2) is 38.9 Å². The van der Waals surface area contributed by atoms with E-state index in [0.29, 0.717) is 19.6 Å². The van der Waals surface area contributed by atoms with Gasteiger partial charge in [0.25, 0.3) is 0 Å². The highest BCUT2D eigenvalue weighted by atomic mass is 16.5. The van der Waals surface area contributed by atoms with E-state index in [2.05, 4.69) is 5.32 Å². The highest BCUT2D eigenvalue weighted by molar-refractivity contribution is 5.80. The zero-order valence-electron chi connectivity index (χ0n) is 13.3. The molecular weight excluding hydrogens is 270 g/mol. The molecule has 0 aromatic heterocycles. The molecule has 0 aliphatic rings. The van der Waals surface area contributed by atoms with E-state index in [4.69, 9.17) is 14.2 Å². The number of nitrogens with one attached hydrogen (secondary N) is 1. The van der Waals surface area contributed by atoms with E-state index < -0.39 is 5.54 Å². The molecule has 0 saturated carbocycles. The standard InChI is InChI=1S/C16H25NO4/c1-5-17-16(2,15(18)20-4)11-6-12-21-14-9-7-13(19-3)8-10-14/h7-10,17H,5-6,11-12H2,1-4H3. The Morgan fingerprint density at radius 3 is 2.33 bits per heavy atom. The Balaban J connectivity index is 2.41. The van der Waals surface area contributed by atoms with Crippen molar-refractivity contribution in [3.05, 3.63) is 24.3 Å². The van der Waals surface area contributed by atoms with Gasteiger partial charge in [0.2, 0.25) is 0 Å². The van der Waals surface area contributed by atoms with Gasteiger partial charge in [0, 0.05) is 0 Å². The van der Waals surface area contributed by atoms with Crippen molar-refractivity contribution in [3.63, 3.8) is 0 Å². The summed E-state index contributed by atoms with van der Waals surface area (Å²) in [5.41, 5.74) is -0.660. The van der Waals surface area contributed by atoms with Crippen LogP contribution in [0.3, 0.4) is 0 Å². The van der Waals surface area contributed by atoms with Crippen LogP contribution in [-0.2, 0) is 9.53 Å². The summed E-state index contributed by atoms with van der Waals surface area (Å²) in [5.74, 6) is 1.35. The minimum Gasteiger partial charge on any atom is -0.497 e. The van der Waals surface area contributed by atoms with E-state index in [1.807, 2.05) is 38.1 Å². The Labute approximate surface area is 126 Å². The van der Waals surface area contributed by atoms with Crippen molar-refractivity contribution in [2.75, 3.05) is 27.4 Å². The number of methoxy groups -OCH3 is 2. The summed E-state index contributed by atoms with van der Waals surface area (Å²) in [4.78, 5) is 11.8. The van der Waals surface area contributed by atoms with Gasteiger partial charge in [0.15, 0.2) is 0 Å². The number of esters is 1. The Kier molecular flexibility index (Phi) is 7.02. The van der Waals surface area contributed by atoms with Crippen LogP contribution in [0.25, 0.3) is 0 Å². The molecule has 1 aromatic carbocycles. The first-order valence-corrected chi connectivity index (χ1v) is 7.16. The Morgan fingerprint density at radius 2 is 1.81 bits per heavy atom. The summed E-state index contributed by atoms with van der Waals surface area (Å²) < 4.78 is 15.6. The van der Waals surface area contributed by atoms with Gasteiger partial charge >= 0.3 is 5.97 Å². The van der Waals surface area contributed by atoms with Crippen LogP contribution < -0.4 is 14.8 Å². The molecule has 0 saturated heterocycles. The first kappa shape index (κ1) is 17.3. The summed E-state index contributed by atoms with van der Waals surface area (Å²) in [6.45, 7) is 5.08. The van der Waals surface area contributed by atoms with E-state index in [9.17, 15) is 4.79 Å². The van der Waals surface area contributed by atoms with Gasteiger partial charge in [-0.2, -0.15) is 0 Å². The summed E-state index contributed by atoms with van der Waals surface area (Å²) in [6.07, 6.45) is 1.41. The topological polar surface area (TPSA) is 56.8 Å². The Hall–Kier alpha value is -1.75. The lowest BCUT2D eigenvalue weighted by Gasteiger charge is -2.27. The van der Waals surface area contributed by atoms with Crippen LogP contribution >= 0.6 is 0 Å². The van der Waals surface area contributed by atoms with Gasteiger partial charge in [-0.05, 0) is 50.6 Å². The third-order valence-corrected chi connectivity index (χ3v) is 3.35. The average Bonchev–Trinajstić information content (AvgIpc) is 2.51. The minimum atomic E-state index is -0.660. The molecule has 5 nitrogen and oxygen atoms in total. The Morgan fingerprint density at radius 1 is 1.19 bits per heavy atom. The summed E-state index contributed by atoms with van der Waals surface area (Å²) in [7, 11) is 3.04. The van der Waals surface area contributed by atoms with Gasteiger partial charge in [-0.1, -0.05) is 6.92 Å². The van der Waals surface area contributed by atoms with Crippen molar-refractivity contribution in [2.24, 2.45) is 0 Å². The molecule has 0 fully saturated rings. The smallest absolute Gasteiger partial charge is 0.325 e. The molecule has 0 heterocycles. The second kappa shape index (κ2) is 8.52. The molecule has 5 heteroatoms. The molecule has 1 N–H and O–H groups in total. The molecule has 0 aliphatic heterocycles. The number of hydrogen-bond acceptors (Lipinski definition) is 5. The summed E-state index contributed by atoms with van der Waals surface area (Å²) in [5, 5.41) is 3.18. The van der Waals surface area contributed by atoms with Crippen molar-refractivity contribution in [1.82, 2.24) is 5.32 Å². The van der Waals surface area contributed by atoms with Crippen LogP contribution in [0.1, 0.15) is 26.7 Å². The SMILES string of the molecule is CCNC(C)(CCCOc1ccc(OC)cc1)C(=O)OC. The second-order valence-corrected chi connectivity index (χ2v) is 4.98. The van der Waals surface area contributed by atoms with E-state index >= 15 is 0 Å². The van der Waals surface area contributed by atoms with Crippen molar-refractivity contribution in [2.45, 2.75) is 32.2 Å². The summed E-state index contributed by atoms with van der Waals surface area (Å²) in [6, 6.07) is 7.43. The van der Waals surface area contributed by atoms with Crippen molar-refractivity contribution in [1.29, 1.82) is 0 Å². The summed E-state index contributed by atoms with van der Waals surface area (Å²) >= 11 is 0. The molecule has 118 valence electrons. The predicted octanol–water partition coefficient (Wildman–Crippen LogP) is 2.40. The fourth-order valence-electron chi connectivity index (χ4n) is 2.17. The molecule has 1 aromatic rings. The van der Waals surface area contributed by atoms with Crippen LogP contribution in [0.2, 0.25) is 0 Å². The highest BCUT2D eigenvalue weighted by Gasteiger charge is 2.32. The van der Waals surface area contributed by atoms with Crippen molar-refractivity contribution < 1.29 is 19.0 Å². The zero-order chi connectivity index (χ0) is 15.7. The van der Waals surface area contributed by atoms with Crippen molar-refractivity contribution >= 4 is 5.97 Å². The maximum atomic E-state index is 11.8. The molecule has 0 amide bonds. The van der Waals surface area contributed by atoms with Gasteiger partial charge in [-0.25, -0.2) is 0 Å². The maximum Gasteiger partial charge on any atom is 0.325 e. The fraction of sp³-hybridized carbons (Fsp3) is 0.562. The van der Waals surface area contributed by atoms with E-state index in [0.717, 1.165) is 17.9 Å². The first-order chi connectivity index (χ1) is 10.1. The molecule has 0 bridgehead atoms. The molecule has 0 aliphatic carbocycles. The third kappa shape index (κ3) is 5.27. The van der Waals surface area contributed by atoms with Crippen LogP contribution in [0.15, 0.2) is 24.3 Å². The Bertz CT molecular complexity index is 432. The second-order valence-electron chi connectivity index (χ2n) is 4.98. The molecule has 0 radical (unpaired) electrons. The van der Waals surface area contributed by atoms with Crippen LogP contribution in [0.5, 0.6) is 11.5 Å². The van der Waals surface area contributed by atoms with Gasteiger partial charge in [-0.15, -0.1) is 0 Å². The quantitative estimate of drug-likeness (QED) is 0.560. The normalized spacial score (nSPS) is 13.3. The van der Waals surface area contributed by atoms with E-state index in [1.165, 1.54) is 7.11 Å². The van der Waals surface area contributed by atoms with Gasteiger partial charge < -0.3 is 19.5 Å². The number of rotatable bonds is 9. The van der Waals surface area contributed by atoms with E-state index in [1.54, 1.807) is 7.11 Å². The fourth-order valence-corrected chi connectivity index (χ4v) is 2.17. The van der Waals surface area contributed by atoms with Crippen LogP contribution in [0.4, 0.5) is 0 Å². The third-order valence-electron chi connectivity index (χ3n) is 3.35. The van der Waals surface area contributed by atoms with Crippen molar-refractivity contribution in [3.8, 4) is 11.5 Å². The predicted molar refractivity (Wildman–Crippen MR) is 81.8 cm³/mol. The molecule has 0 spiro atoms. The number of carbonyl (C=O) groups excluding carboxylic acids is 1. The maximum absolute atomic E-state index is 11.8. The van der Waals surface area contributed by atoms with Gasteiger partial charge in [0.05, 0.1) is 20.8 Å². The minimum absolute atomic E-state index is 0.242. The first-order valence-electron chi connectivity index (χ1n) is 7.16. The number of carbonyl (C=O) groups is 1. The molecule has 1 unspecified atom stereocenters. The molecule has 1 rings (SSSR count). The van der Waals surface area contributed by atoms with Crippen LogP contribution in [0, 0.1) is 0 Å². The monoisotopic (exact) mass is 295 g/mol. The zero-order valence-corrected chi connectivity index (χ0v) is 13.3. The number of hydrogen-bond donors (Lipinski definition) is 1. The van der Waals surface area contributed by atoms with Gasteiger partial charge in [-0.3, -0.25) is 4.79 Å². The van der Waals surface area contributed by atoms with Gasteiger partial charge in [0.1, 0.15) is 17.0 Å². The van der Waals surface area contributed by atoms with E-state index in [-0.39, 0.29) is 5.97 Å². The lowest BCUT2D eigenvalue weighted by Crippen LogP contribution is -2.50. The lowest BCUT2D eigenvalue weighted by molar-refractivity contribution is -0.148. The number of likely N-dealkylation sites (N-methyl/N-ethyl adjacent to an activating group) is 1. The average molecular weight is 295 g/mol.